The highest BCUT2D eigenvalue weighted by molar-refractivity contribution is 6.46. The Labute approximate surface area is 214 Å². The Bertz CT molecular complexity index is 1350. The smallest absolute Gasteiger partial charge is 0.295 e. The Morgan fingerprint density at radius 2 is 1.63 bits per heavy atom. The van der Waals surface area contributed by atoms with E-state index in [4.69, 9.17) is 39.5 Å². The molecular weight excluding hydrogens is 520 g/mol. The Hall–Kier alpha value is -3.26. The maximum absolute atomic E-state index is 13.4. The molecule has 0 bridgehead atoms. The van der Waals surface area contributed by atoms with Crippen molar-refractivity contribution in [2.75, 3.05) is 7.11 Å². The third-order valence-electron chi connectivity index (χ3n) is 5.57. The summed E-state index contributed by atoms with van der Waals surface area (Å²) in [7, 11) is 1.38. The number of amides is 1. The maximum Gasteiger partial charge on any atom is 0.295 e. The highest BCUT2D eigenvalue weighted by Crippen LogP contribution is 2.43. The number of carbonyl (C=O) groups is 2. The first-order valence-electron chi connectivity index (χ1n) is 10.2. The standard InChI is InChI=1S/C25H17Cl3FNO5/c1-35-24-17(27)9-14(10-18(24)28)22(32)20-21(13-4-7-19(31)16(26)8-13)30(25(34)23(20)33)11-12-2-5-15(29)6-3-12/h2-10,21,31-32H,11H2,1H3/b22-20+. The van der Waals surface area contributed by atoms with Crippen LogP contribution in [0.2, 0.25) is 15.1 Å². The normalized spacial score (nSPS) is 17.2. The van der Waals surface area contributed by atoms with Crippen molar-refractivity contribution in [3.05, 3.63) is 97.7 Å². The second-order valence-corrected chi connectivity index (χ2v) is 8.96. The zero-order chi connectivity index (χ0) is 25.4. The van der Waals surface area contributed by atoms with Gasteiger partial charge < -0.3 is 19.8 Å². The Balaban J connectivity index is 1.90. The minimum absolute atomic E-state index is 0.00888. The number of phenols is 1. The first-order chi connectivity index (χ1) is 16.6. The summed E-state index contributed by atoms with van der Waals surface area (Å²) in [4.78, 5) is 27.5. The number of hydrogen-bond acceptors (Lipinski definition) is 5. The second-order valence-electron chi connectivity index (χ2n) is 7.74. The van der Waals surface area contributed by atoms with E-state index in [1.54, 1.807) is 0 Å². The summed E-state index contributed by atoms with van der Waals surface area (Å²) < 4.78 is 18.5. The van der Waals surface area contributed by atoms with E-state index in [2.05, 4.69) is 0 Å². The number of aromatic hydroxyl groups is 1. The van der Waals surface area contributed by atoms with Gasteiger partial charge in [0.05, 0.1) is 33.8 Å². The Morgan fingerprint density at radius 3 is 2.20 bits per heavy atom. The first kappa shape index (κ1) is 24.9. The predicted octanol–water partition coefficient (Wildman–Crippen LogP) is 6.12. The van der Waals surface area contributed by atoms with Gasteiger partial charge in [0.1, 0.15) is 17.3 Å². The van der Waals surface area contributed by atoms with E-state index in [-0.39, 0.29) is 44.2 Å². The van der Waals surface area contributed by atoms with Crippen LogP contribution in [0.1, 0.15) is 22.7 Å². The average molecular weight is 537 g/mol. The van der Waals surface area contributed by atoms with E-state index in [9.17, 15) is 24.2 Å². The van der Waals surface area contributed by atoms with E-state index in [1.807, 2.05) is 0 Å². The topological polar surface area (TPSA) is 87.1 Å². The summed E-state index contributed by atoms with van der Waals surface area (Å²) in [5.41, 5.74) is 0.784. The van der Waals surface area contributed by atoms with Gasteiger partial charge in [-0.15, -0.1) is 0 Å². The molecule has 1 unspecified atom stereocenters. The fourth-order valence-corrected chi connectivity index (χ4v) is 4.75. The predicted molar refractivity (Wildman–Crippen MR) is 130 cm³/mol. The molecule has 3 aromatic rings. The molecule has 10 heteroatoms. The fraction of sp³-hybridized carbons (Fsp3) is 0.120. The molecule has 1 aliphatic rings. The molecule has 1 amide bonds. The summed E-state index contributed by atoms with van der Waals surface area (Å²) in [6, 6.07) is 11.3. The number of ketones is 1. The van der Waals surface area contributed by atoms with Gasteiger partial charge in [-0.05, 0) is 47.5 Å². The number of ether oxygens (including phenoxy) is 1. The zero-order valence-electron chi connectivity index (χ0n) is 18.1. The number of aliphatic hydroxyl groups is 1. The highest BCUT2D eigenvalue weighted by Gasteiger charge is 2.46. The van der Waals surface area contributed by atoms with Crippen molar-refractivity contribution in [1.29, 1.82) is 0 Å². The lowest BCUT2D eigenvalue weighted by Crippen LogP contribution is -2.29. The molecular formula is C25H17Cl3FNO5. The van der Waals surface area contributed by atoms with Crippen molar-refractivity contribution in [2.24, 2.45) is 0 Å². The molecule has 1 heterocycles. The van der Waals surface area contributed by atoms with E-state index in [0.29, 0.717) is 11.1 Å². The van der Waals surface area contributed by atoms with Gasteiger partial charge in [0.15, 0.2) is 5.75 Å². The first-order valence-corrected chi connectivity index (χ1v) is 11.3. The van der Waals surface area contributed by atoms with Gasteiger partial charge in [0.25, 0.3) is 11.7 Å². The van der Waals surface area contributed by atoms with Crippen LogP contribution in [0.4, 0.5) is 4.39 Å². The number of nitrogens with zero attached hydrogens (tertiary/aromatic N) is 1. The van der Waals surface area contributed by atoms with E-state index >= 15 is 0 Å². The third-order valence-corrected chi connectivity index (χ3v) is 6.43. The Morgan fingerprint density at radius 1 is 1.00 bits per heavy atom. The largest absolute Gasteiger partial charge is 0.507 e. The maximum atomic E-state index is 13.4. The quantitative estimate of drug-likeness (QED) is 0.233. The van der Waals surface area contributed by atoms with Crippen LogP contribution in [0, 0.1) is 5.82 Å². The monoisotopic (exact) mass is 535 g/mol. The lowest BCUT2D eigenvalue weighted by molar-refractivity contribution is -0.140. The van der Waals surface area contributed by atoms with Gasteiger partial charge in [-0.1, -0.05) is 53.0 Å². The number of likely N-dealkylation sites (tertiary alicyclic amines) is 1. The van der Waals surface area contributed by atoms with Gasteiger partial charge in [0, 0.05) is 12.1 Å². The van der Waals surface area contributed by atoms with Crippen molar-refractivity contribution in [2.45, 2.75) is 12.6 Å². The minimum Gasteiger partial charge on any atom is -0.507 e. The van der Waals surface area contributed by atoms with Gasteiger partial charge in [-0.25, -0.2) is 4.39 Å². The van der Waals surface area contributed by atoms with Crippen LogP contribution in [0.3, 0.4) is 0 Å². The van der Waals surface area contributed by atoms with Crippen LogP contribution in [0.5, 0.6) is 11.5 Å². The molecule has 1 fully saturated rings. The van der Waals surface area contributed by atoms with E-state index in [0.717, 1.165) is 0 Å². The molecule has 35 heavy (non-hydrogen) atoms. The molecule has 1 saturated heterocycles. The third kappa shape index (κ3) is 4.67. The summed E-state index contributed by atoms with van der Waals surface area (Å²) >= 11 is 18.5. The molecule has 1 aliphatic heterocycles. The minimum atomic E-state index is -1.07. The number of carbonyl (C=O) groups excluding carboxylic acids is 2. The van der Waals surface area contributed by atoms with Crippen LogP contribution < -0.4 is 4.74 Å². The van der Waals surface area contributed by atoms with E-state index in [1.165, 1.54) is 66.6 Å². The van der Waals surface area contributed by atoms with Gasteiger partial charge >= 0.3 is 0 Å². The van der Waals surface area contributed by atoms with E-state index < -0.39 is 29.3 Å². The molecule has 0 spiro atoms. The summed E-state index contributed by atoms with van der Waals surface area (Å²) in [5.74, 6) is -2.79. The molecule has 0 saturated carbocycles. The molecule has 0 aliphatic carbocycles. The number of halogens is 4. The highest BCUT2D eigenvalue weighted by atomic mass is 35.5. The SMILES string of the molecule is COc1c(Cl)cc(/C(O)=C2\C(=O)C(=O)N(Cc3ccc(F)cc3)C2c2ccc(O)c(Cl)c2)cc1Cl. The van der Waals surface area contributed by atoms with Gasteiger partial charge in [0.2, 0.25) is 0 Å². The van der Waals surface area contributed by atoms with Crippen LogP contribution in [-0.2, 0) is 16.1 Å². The lowest BCUT2D eigenvalue weighted by Gasteiger charge is -2.26. The molecule has 0 aromatic heterocycles. The molecule has 6 nitrogen and oxygen atoms in total. The molecule has 1 atom stereocenters. The second kappa shape index (κ2) is 9.77. The zero-order valence-corrected chi connectivity index (χ0v) is 20.3. The fourth-order valence-electron chi connectivity index (χ4n) is 3.92. The van der Waals surface area contributed by atoms with Gasteiger partial charge in [-0.2, -0.15) is 0 Å². The summed E-state index contributed by atoms with van der Waals surface area (Å²) in [6.45, 7) is -0.0606. The average Bonchev–Trinajstić information content (AvgIpc) is 3.06. The number of Topliss-reactive ketones (excluding diaryl/α,β-unsaturated/α-hetero) is 1. The summed E-state index contributed by atoms with van der Waals surface area (Å²) in [5, 5.41) is 21.2. The van der Waals surface area contributed by atoms with Crippen molar-refractivity contribution >= 4 is 52.3 Å². The molecule has 4 rings (SSSR count). The molecule has 180 valence electrons. The van der Waals surface area contributed by atoms with Crippen LogP contribution in [-0.4, -0.2) is 33.9 Å². The molecule has 3 aromatic carbocycles. The molecule has 0 radical (unpaired) electrons. The number of aliphatic hydroxyl groups excluding tert-OH is 1. The number of rotatable bonds is 5. The van der Waals surface area contributed by atoms with Crippen molar-refractivity contribution < 1.29 is 28.9 Å². The van der Waals surface area contributed by atoms with Crippen molar-refractivity contribution in [3.63, 3.8) is 0 Å². The van der Waals surface area contributed by atoms with Crippen molar-refractivity contribution in [3.8, 4) is 11.5 Å². The number of phenolic OH excluding ortho intramolecular Hbond substituents is 1. The number of hydrogen-bond donors (Lipinski definition) is 2. The lowest BCUT2D eigenvalue weighted by atomic mass is 9.95. The van der Waals surface area contributed by atoms with Crippen LogP contribution >= 0.6 is 34.8 Å². The number of benzene rings is 3. The van der Waals surface area contributed by atoms with Crippen molar-refractivity contribution in [1.82, 2.24) is 4.90 Å². The van der Waals surface area contributed by atoms with Gasteiger partial charge in [-0.3, -0.25) is 9.59 Å². The van der Waals surface area contributed by atoms with Crippen LogP contribution in [0.15, 0.2) is 60.2 Å². The van der Waals surface area contributed by atoms with Crippen LogP contribution in [0.25, 0.3) is 5.76 Å². The number of methoxy groups -OCH3 is 1. The Kier molecular flexibility index (Phi) is 6.94. The summed E-state index contributed by atoms with van der Waals surface area (Å²) in [6.07, 6.45) is 0. The molecule has 2 N–H and O–H groups in total.